The molecule has 0 atom stereocenters. The van der Waals surface area contributed by atoms with Crippen LogP contribution in [0.4, 0.5) is 8.78 Å². The number of rotatable bonds is 5. The Hall–Kier alpha value is -2.25. The number of aldehydes is 1. The molecule has 0 unspecified atom stereocenters. The zero-order chi connectivity index (χ0) is 20.7. The van der Waals surface area contributed by atoms with E-state index in [1.165, 1.54) is 12.1 Å². The van der Waals surface area contributed by atoms with E-state index in [9.17, 15) is 13.6 Å². The van der Waals surface area contributed by atoms with Gasteiger partial charge in [0.2, 0.25) is 0 Å². The van der Waals surface area contributed by atoms with Crippen LogP contribution in [0.15, 0.2) is 36.4 Å². The number of benzene rings is 2. The minimum absolute atomic E-state index is 0.0730. The molecule has 0 radical (unpaired) electrons. The predicted octanol–water partition coefficient (Wildman–Crippen LogP) is 4.38. The highest BCUT2D eigenvalue weighted by atomic mass is 19.3. The van der Waals surface area contributed by atoms with E-state index in [4.69, 9.17) is 9.31 Å². The van der Waals surface area contributed by atoms with Gasteiger partial charge in [0.1, 0.15) is 5.75 Å². The molecule has 0 N–H and O–H groups in total. The number of halogens is 2. The third kappa shape index (κ3) is 3.69. The molecule has 1 saturated heterocycles. The summed E-state index contributed by atoms with van der Waals surface area (Å²) in [6.45, 7) is 6.86. The van der Waals surface area contributed by atoms with Gasteiger partial charge in [-0.15, -0.1) is 0 Å². The van der Waals surface area contributed by atoms with Crippen molar-refractivity contribution in [1.82, 2.24) is 0 Å². The average molecular weight is 388 g/mol. The molecule has 1 fully saturated rings. The lowest BCUT2D eigenvalue weighted by Crippen LogP contribution is -2.41. The monoisotopic (exact) mass is 388 g/mol. The van der Waals surface area contributed by atoms with E-state index in [0.29, 0.717) is 11.8 Å². The Balaban J connectivity index is 2.02. The molecule has 28 heavy (non-hydrogen) atoms. The van der Waals surface area contributed by atoms with Crippen LogP contribution >= 0.6 is 0 Å². The fraction of sp³-hybridized carbons (Fsp3) is 0.381. The number of carbonyl (C=O) groups excluding carboxylic acids is 1. The molecule has 2 aromatic carbocycles. The SMILES string of the molecule is Cc1c(B2OC(C)(C)C(C)(C)O2)cccc1-c1ccc(C=O)c(OC(F)F)c1. The number of carbonyl (C=O) groups is 1. The van der Waals surface area contributed by atoms with E-state index in [1.807, 2.05) is 52.8 Å². The fourth-order valence-electron chi connectivity index (χ4n) is 3.19. The third-order valence-electron chi connectivity index (χ3n) is 5.55. The fourth-order valence-corrected chi connectivity index (χ4v) is 3.19. The van der Waals surface area contributed by atoms with Crippen LogP contribution in [-0.2, 0) is 9.31 Å². The molecule has 0 bridgehead atoms. The van der Waals surface area contributed by atoms with Crippen LogP contribution in [0.3, 0.4) is 0 Å². The average Bonchev–Trinajstić information content (AvgIpc) is 2.82. The molecule has 1 aliphatic rings. The molecule has 1 aliphatic heterocycles. The van der Waals surface area contributed by atoms with Crippen molar-refractivity contribution in [3.63, 3.8) is 0 Å². The molecule has 0 aromatic heterocycles. The van der Waals surface area contributed by atoms with Crippen LogP contribution in [0, 0.1) is 6.92 Å². The molecule has 0 saturated carbocycles. The highest BCUT2D eigenvalue weighted by Gasteiger charge is 2.52. The second-order valence-corrected chi connectivity index (χ2v) is 7.86. The zero-order valence-corrected chi connectivity index (χ0v) is 16.6. The molecule has 0 amide bonds. The third-order valence-corrected chi connectivity index (χ3v) is 5.55. The predicted molar refractivity (Wildman–Crippen MR) is 104 cm³/mol. The molecule has 148 valence electrons. The summed E-state index contributed by atoms with van der Waals surface area (Å²) in [5.74, 6) is -0.150. The van der Waals surface area contributed by atoms with Crippen LogP contribution < -0.4 is 10.2 Å². The maximum absolute atomic E-state index is 12.7. The normalized spacial score (nSPS) is 17.8. The van der Waals surface area contributed by atoms with Crippen LogP contribution in [-0.4, -0.2) is 31.2 Å². The molecule has 0 spiro atoms. The van der Waals surface area contributed by atoms with E-state index in [2.05, 4.69) is 4.74 Å². The molecule has 7 heteroatoms. The van der Waals surface area contributed by atoms with Gasteiger partial charge in [0.15, 0.2) is 6.29 Å². The lowest BCUT2D eigenvalue weighted by atomic mass is 9.74. The summed E-state index contributed by atoms with van der Waals surface area (Å²) in [7, 11) is -0.531. The van der Waals surface area contributed by atoms with Crippen molar-refractivity contribution in [1.29, 1.82) is 0 Å². The van der Waals surface area contributed by atoms with Crippen molar-refractivity contribution >= 4 is 18.9 Å². The maximum atomic E-state index is 12.7. The minimum Gasteiger partial charge on any atom is -0.434 e. The molecular weight excluding hydrogens is 365 g/mol. The molecule has 1 heterocycles. The Morgan fingerprint density at radius 1 is 1.07 bits per heavy atom. The Morgan fingerprint density at radius 3 is 2.29 bits per heavy atom. The molecule has 0 aliphatic carbocycles. The first kappa shape index (κ1) is 20.5. The number of ether oxygens (including phenoxy) is 1. The zero-order valence-electron chi connectivity index (χ0n) is 16.6. The Labute approximate surface area is 163 Å². The number of hydrogen-bond acceptors (Lipinski definition) is 4. The second kappa shape index (κ2) is 7.30. The van der Waals surface area contributed by atoms with Gasteiger partial charge in [0, 0.05) is 0 Å². The van der Waals surface area contributed by atoms with Crippen LogP contribution in [0.2, 0.25) is 0 Å². The summed E-state index contributed by atoms with van der Waals surface area (Å²) in [6.07, 6.45) is 0.495. The second-order valence-electron chi connectivity index (χ2n) is 7.86. The highest BCUT2D eigenvalue weighted by Crippen LogP contribution is 2.37. The van der Waals surface area contributed by atoms with Gasteiger partial charge in [0.05, 0.1) is 16.8 Å². The van der Waals surface area contributed by atoms with Crippen LogP contribution in [0.25, 0.3) is 11.1 Å². The van der Waals surface area contributed by atoms with Gasteiger partial charge < -0.3 is 14.0 Å². The van der Waals surface area contributed by atoms with E-state index in [0.717, 1.165) is 16.6 Å². The van der Waals surface area contributed by atoms with E-state index in [1.54, 1.807) is 6.07 Å². The van der Waals surface area contributed by atoms with Crippen molar-refractivity contribution in [2.24, 2.45) is 0 Å². The smallest absolute Gasteiger partial charge is 0.434 e. The lowest BCUT2D eigenvalue weighted by molar-refractivity contribution is -0.0500. The van der Waals surface area contributed by atoms with Crippen molar-refractivity contribution < 1.29 is 27.6 Å². The summed E-state index contributed by atoms with van der Waals surface area (Å²) in [5.41, 5.74) is 2.40. The van der Waals surface area contributed by atoms with Crippen molar-refractivity contribution in [2.45, 2.75) is 52.4 Å². The largest absolute Gasteiger partial charge is 0.495 e. The highest BCUT2D eigenvalue weighted by molar-refractivity contribution is 6.62. The van der Waals surface area contributed by atoms with Gasteiger partial charge in [0.25, 0.3) is 0 Å². The Kier molecular flexibility index (Phi) is 5.34. The molecule has 4 nitrogen and oxygen atoms in total. The first-order chi connectivity index (χ1) is 13.1. The Morgan fingerprint density at radius 2 is 1.71 bits per heavy atom. The summed E-state index contributed by atoms with van der Waals surface area (Å²) >= 11 is 0. The van der Waals surface area contributed by atoms with Gasteiger partial charge in [-0.1, -0.05) is 24.3 Å². The van der Waals surface area contributed by atoms with Crippen molar-refractivity contribution in [3.8, 4) is 16.9 Å². The maximum Gasteiger partial charge on any atom is 0.495 e. The van der Waals surface area contributed by atoms with Crippen molar-refractivity contribution in [3.05, 3.63) is 47.5 Å². The topological polar surface area (TPSA) is 44.8 Å². The van der Waals surface area contributed by atoms with E-state index >= 15 is 0 Å². The summed E-state index contributed by atoms with van der Waals surface area (Å²) in [5, 5.41) is 0. The van der Waals surface area contributed by atoms with Gasteiger partial charge in [-0.05, 0) is 68.9 Å². The van der Waals surface area contributed by atoms with E-state index in [-0.39, 0.29) is 11.3 Å². The number of hydrogen-bond donors (Lipinski definition) is 0. The van der Waals surface area contributed by atoms with Gasteiger partial charge in [-0.25, -0.2) is 0 Å². The summed E-state index contributed by atoms with van der Waals surface area (Å²) in [6, 6.07) is 10.3. The lowest BCUT2D eigenvalue weighted by Gasteiger charge is -2.32. The van der Waals surface area contributed by atoms with Gasteiger partial charge in [-0.2, -0.15) is 8.78 Å². The van der Waals surface area contributed by atoms with Gasteiger partial charge >= 0.3 is 13.7 Å². The minimum atomic E-state index is -3.01. The first-order valence-electron chi connectivity index (χ1n) is 9.05. The quantitative estimate of drug-likeness (QED) is 0.564. The molecule has 2 aromatic rings. The molecular formula is C21H23BF2O4. The van der Waals surface area contributed by atoms with E-state index < -0.39 is 24.9 Å². The Bertz CT molecular complexity index is 880. The summed E-state index contributed by atoms with van der Waals surface area (Å²) < 4.78 is 42.2. The van der Waals surface area contributed by atoms with Crippen LogP contribution in [0.1, 0.15) is 43.6 Å². The number of alkyl halides is 2. The van der Waals surface area contributed by atoms with Gasteiger partial charge in [-0.3, -0.25) is 4.79 Å². The molecule has 3 rings (SSSR count). The van der Waals surface area contributed by atoms with Crippen LogP contribution in [0.5, 0.6) is 5.75 Å². The first-order valence-corrected chi connectivity index (χ1v) is 9.05. The standard InChI is InChI=1S/C21H23BF2O4/c1-13-16(14-9-10-15(12-25)18(11-14)26-19(23)24)7-6-8-17(13)22-27-20(2,3)21(4,5)28-22/h6-12,19H,1-5H3. The summed E-state index contributed by atoms with van der Waals surface area (Å²) in [4.78, 5) is 11.1. The van der Waals surface area contributed by atoms with Crippen molar-refractivity contribution in [2.75, 3.05) is 0 Å².